The number of aryl methyl sites for hydroxylation is 2. The van der Waals surface area contributed by atoms with Crippen molar-refractivity contribution in [3.8, 4) is 5.69 Å². The van der Waals surface area contributed by atoms with E-state index < -0.39 is 0 Å². The van der Waals surface area contributed by atoms with Crippen molar-refractivity contribution in [3.63, 3.8) is 0 Å². The Morgan fingerprint density at radius 3 is 2.41 bits per heavy atom. The third kappa shape index (κ3) is 3.78. The van der Waals surface area contributed by atoms with Crippen LogP contribution in [0.5, 0.6) is 0 Å². The Morgan fingerprint density at radius 1 is 1.00 bits per heavy atom. The van der Waals surface area contributed by atoms with Crippen LogP contribution in [-0.2, 0) is 4.79 Å². The molecule has 2 aromatic carbocycles. The molecular formula is C23H19ClN2OS2. The van der Waals surface area contributed by atoms with E-state index in [4.69, 9.17) is 23.8 Å². The quantitative estimate of drug-likeness (QED) is 0.346. The number of nitrogens with zero attached hydrogens (tertiary/aromatic N) is 2. The van der Waals surface area contributed by atoms with Crippen LogP contribution < -0.4 is 4.90 Å². The third-order valence-electron chi connectivity index (χ3n) is 4.91. The summed E-state index contributed by atoms with van der Waals surface area (Å²) in [4.78, 5) is 15.2. The molecule has 3 aromatic rings. The Labute approximate surface area is 185 Å². The Morgan fingerprint density at radius 2 is 1.72 bits per heavy atom. The summed E-state index contributed by atoms with van der Waals surface area (Å²) in [5.74, 6) is -0.123. The van der Waals surface area contributed by atoms with Crippen molar-refractivity contribution < 1.29 is 4.79 Å². The van der Waals surface area contributed by atoms with E-state index in [9.17, 15) is 4.79 Å². The van der Waals surface area contributed by atoms with Crippen LogP contribution >= 0.6 is 35.6 Å². The van der Waals surface area contributed by atoms with E-state index in [1.165, 1.54) is 22.2 Å². The highest BCUT2D eigenvalue weighted by atomic mass is 35.5. The molecule has 0 radical (unpaired) electrons. The molecule has 6 heteroatoms. The standard InChI is InChI=1S/C23H19ClN2OS2/c1-14-7-9-19(10-8-14)25-15(2)11-17(16(25)3)12-21-22(27)26(23(28)29-21)20-6-4-5-18(24)13-20/h4-13H,1-3H3/b21-12+. The van der Waals surface area contributed by atoms with Crippen molar-refractivity contribution in [3.05, 3.63) is 87.0 Å². The van der Waals surface area contributed by atoms with Gasteiger partial charge in [-0.15, -0.1) is 0 Å². The number of hydrogen-bond donors (Lipinski definition) is 0. The molecule has 0 unspecified atom stereocenters. The van der Waals surface area contributed by atoms with E-state index in [-0.39, 0.29) is 5.91 Å². The Bertz CT molecular complexity index is 1160. The molecule has 1 fully saturated rings. The molecule has 29 heavy (non-hydrogen) atoms. The maximum atomic E-state index is 13.0. The first-order valence-electron chi connectivity index (χ1n) is 9.14. The molecule has 0 N–H and O–H groups in total. The van der Waals surface area contributed by atoms with Gasteiger partial charge in [0.05, 0.1) is 10.6 Å². The van der Waals surface area contributed by atoms with Crippen LogP contribution in [0.2, 0.25) is 5.02 Å². The number of hydrogen-bond acceptors (Lipinski definition) is 3. The minimum absolute atomic E-state index is 0.123. The highest BCUT2D eigenvalue weighted by Crippen LogP contribution is 2.37. The first-order chi connectivity index (χ1) is 13.8. The molecule has 146 valence electrons. The average Bonchev–Trinajstić information content (AvgIpc) is 3.11. The van der Waals surface area contributed by atoms with Crippen LogP contribution in [0.1, 0.15) is 22.5 Å². The summed E-state index contributed by atoms with van der Waals surface area (Å²) in [6.07, 6.45) is 1.93. The maximum absolute atomic E-state index is 13.0. The second kappa shape index (κ2) is 7.82. The van der Waals surface area contributed by atoms with Crippen LogP contribution in [0.4, 0.5) is 5.69 Å². The summed E-state index contributed by atoms with van der Waals surface area (Å²) < 4.78 is 2.71. The third-order valence-corrected chi connectivity index (χ3v) is 6.45. The number of benzene rings is 2. The van der Waals surface area contributed by atoms with Gasteiger partial charge in [-0.1, -0.05) is 59.3 Å². The number of halogens is 1. The van der Waals surface area contributed by atoms with E-state index in [0.717, 1.165) is 22.6 Å². The molecule has 0 atom stereocenters. The fourth-order valence-electron chi connectivity index (χ4n) is 3.47. The number of aromatic nitrogens is 1. The molecule has 1 aliphatic heterocycles. The molecule has 0 aliphatic carbocycles. The van der Waals surface area contributed by atoms with Crippen molar-refractivity contribution in [2.24, 2.45) is 0 Å². The van der Waals surface area contributed by atoms with Crippen LogP contribution in [0, 0.1) is 20.8 Å². The zero-order valence-electron chi connectivity index (χ0n) is 16.3. The maximum Gasteiger partial charge on any atom is 0.270 e. The number of thioether (sulfide) groups is 1. The predicted molar refractivity (Wildman–Crippen MR) is 127 cm³/mol. The van der Waals surface area contributed by atoms with Gasteiger partial charge in [0.25, 0.3) is 5.91 Å². The van der Waals surface area contributed by atoms with E-state index in [2.05, 4.69) is 55.7 Å². The summed E-state index contributed by atoms with van der Waals surface area (Å²) >= 11 is 12.9. The molecule has 1 aromatic heterocycles. The highest BCUT2D eigenvalue weighted by molar-refractivity contribution is 8.27. The Balaban J connectivity index is 1.70. The van der Waals surface area contributed by atoms with Crippen molar-refractivity contribution >= 4 is 57.6 Å². The second-order valence-electron chi connectivity index (χ2n) is 6.99. The normalized spacial score (nSPS) is 15.6. The number of rotatable bonds is 3. The lowest BCUT2D eigenvalue weighted by Gasteiger charge is -2.14. The fourth-order valence-corrected chi connectivity index (χ4v) is 4.95. The average molecular weight is 439 g/mol. The first kappa shape index (κ1) is 20.0. The number of amides is 1. The molecule has 1 aliphatic rings. The van der Waals surface area contributed by atoms with Gasteiger partial charge in [-0.25, -0.2) is 0 Å². The molecule has 0 spiro atoms. The van der Waals surface area contributed by atoms with Gasteiger partial charge in [0, 0.05) is 22.1 Å². The van der Waals surface area contributed by atoms with Crippen molar-refractivity contribution in [1.29, 1.82) is 0 Å². The van der Waals surface area contributed by atoms with Gasteiger partial charge >= 0.3 is 0 Å². The summed E-state index contributed by atoms with van der Waals surface area (Å²) in [5.41, 5.74) is 6.23. The SMILES string of the molecule is Cc1ccc(-n2c(C)cc(/C=C3/SC(=S)N(c4cccc(Cl)c4)C3=O)c2C)cc1. The molecule has 3 nitrogen and oxygen atoms in total. The van der Waals surface area contributed by atoms with Crippen molar-refractivity contribution in [1.82, 2.24) is 4.57 Å². The lowest BCUT2D eigenvalue weighted by Crippen LogP contribution is -2.27. The summed E-state index contributed by atoms with van der Waals surface area (Å²) in [7, 11) is 0. The number of thiocarbonyl (C=S) groups is 1. The van der Waals surface area contributed by atoms with E-state index >= 15 is 0 Å². The topological polar surface area (TPSA) is 25.2 Å². The van der Waals surface area contributed by atoms with Gasteiger partial charge in [-0.3, -0.25) is 9.69 Å². The number of carbonyl (C=O) groups is 1. The zero-order chi connectivity index (χ0) is 20.7. The molecule has 0 bridgehead atoms. The first-order valence-corrected chi connectivity index (χ1v) is 10.7. The zero-order valence-corrected chi connectivity index (χ0v) is 18.7. The molecular weight excluding hydrogens is 420 g/mol. The lowest BCUT2D eigenvalue weighted by molar-refractivity contribution is -0.113. The van der Waals surface area contributed by atoms with Crippen molar-refractivity contribution in [2.45, 2.75) is 20.8 Å². The van der Waals surface area contributed by atoms with Crippen LogP contribution in [-0.4, -0.2) is 14.8 Å². The molecule has 2 heterocycles. The minimum Gasteiger partial charge on any atom is -0.318 e. The van der Waals surface area contributed by atoms with Gasteiger partial charge in [0.15, 0.2) is 4.32 Å². The molecule has 1 saturated heterocycles. The largest absolute Gasteiger partial charge is 0.318 e. The smallest absolute Gasteiger partial charge is 0.270 e. The van der Waals surface area contributed by atoms with Crippen molar-refractivity contribution in [2.75, 3.05) is 4.90 Å². The second-order valence-corrected chi connectivity index (χ2v) is 9.11. The van der Waals surface area contributed by atoms with E-state index in [1.807, 2.05) is 18.2 Å². The van der Waals surface area contributed by atoms with Crippen LogP contribution in [0.15, 0.2) is 59.5 Å². The lowest BCUT2D eigenvalue weighted by atomic mass is 10.2. The summed E-state index contributed by atoms with van der Waals surface area (Å²) in [5, 5.41) is 0.571. The molecule has 0 saturated carbocycles. The summed E-state index contributed by atoms with van der Waals surface area (Å²) in [6, 6.07) is 17.7. The fraction of sp³-hybridized carbons (Fsp3) is 0.130. The van der Waals surface area contributed by atoms with Gasteiger partial charge in [0.2, 0.25) is 0 Å². The van der Waals surface area contributed by atoms with Gasteiger partial charge in [0.1, 0.15) is 0 Å². The minimum atomic E-state index is -0.123. The van der Waals surface area contributed by atoms with Gasteiger partial charge < -0.3 is 4.57 Å². The van der Waals surface area contributed by atoms with E-state index in [1.54, 1.807) is 12.1 Å². The van der Waals surface area contributed by atoms with Gasteiger partial charge in [-0.05, 0) is 68.8 Å². The van der Waals surface area contributed by atoms with Crippen LogP contribution in [0.25, 0.3) is 11.8 Å². The summed E-state index contributed by atoms with van der Waals surface area (Å²) in [6.45, 7) is 6.21. The predicted octanol–water partition coefficient (Wildman–Crippen LogP) is 6.46. The Kier molecular flexibility index (Phi) is 5.38. The van der Waals surface area contributed by atoms with E-state index in [0.29, 0.717) is 19.9 Å². The molecule has 4 rings (SSSR count). The number of carbonyl (C=O) groups excluding carboxylic acids is 1. The monoisotopic (exact) mass is 438 g/mol. The molecule has 1 amide bonds. The highest BCUT2D eigenvalue weighted by Gasteiger charge is 2.33. The Hall–Kier alpha value is -2.34. The number of anilines is 1. The van der Waals surface area contributed by atoms with Crippen LogP contribution in [0.3, 0.4) is 0 Å². The van der Waals surface area contributed by atoms with Gasteiger partial charge in [-0.2, -0.15) is 0 Å².